The van der Waals surface area contributed by atoms with Gasteiger partial charge in [-0.2, -0.15) is 0 Å². The molecule has 1 aliphatic heterocycles. The van der Waals surface area contributed by atoms with E-state index in [4.69, 9.17) is 4.74 Å². The molecular formula is C17H30N2O4. The van der Waals surface area contributed by atoms with Crippen LogP contribution in [0.4, 0.5) is 0 Å². The monoisotopic (exact) mass is 326 g/mol. The topological polar surface area (TPSA) is 87.8 Å². The molecule has 0 aliphatic carbocycles. The number of Topliss-reactive ketones (excluding diaryl/α,β-unsaturated/α-hetero) is 1. The van der Waals surface area contributed by atoms with Gasteiger partial charge in [-0.15, -0.1) is 0 Å². The minimum atomic E-state index is -0.769. The van der Waals surface area contributed by atoms with Gasteiger partial charge in [0.25, 0.3) is 0 Å². The molecule has 1 aliphatic rings. The third-order valence-electron chi connectivity index (χ3n) is 3.84. The molecule has 1 saturated heterocycles. The first-order valence-electron chi connectivity index (χ1n) is 8.31. The van der Waals surface area contributed by atoms with Crippen LogP contribution in [0.5, 0.6) is 0 Å². The summed E-state index contributed by atoms with van der Waals surface area (Å²) in [6.07, 6.45) is 1.08. The van der Waals surface area contributed by atoms with Crippen molar-refractivity contribution in [2.45, 2.75) is 72.1 Å². The summed E-state index contributed by atoms with van der Waals surface area (Å²) in [5.41, 5.74) is -0.769. The van der Waals surface area contributed by atoms with Gasteiger partial charge >= 0.3 is 0 Å². The van der Waals surface area contributed by atoms with Gasteiger partial charge < -0.3 is 15.4 Å². The molecular weight excluding hydrogens is 296 g/mol. The predicted molar refractivity (Wildman–Crippen MR) is 87.8 cm³/mol. The Morgan fingerprint density at radius 3 is 1.87 bits per heavy atom. The van der Waals surface area contributed by atoms with E-state index in [1.807, 2.05) is 27.7 Å². The normalized spacial score (nSPS) is 22.6. The fourth-order valence-corrected chi connectivity index (χ4v) is 2.54. The van der Waals surface area contributed by atoms with Crippen molar-refractivity contribution in [2.75, 3.05) is 6.61 Å². The Balaban J connectivity index is 2.80. The Morgan fingerprint density at radius 2 is 1.48 bits per heavy atom. The van der Waals surface area contributed by atoms with Crippen molar-refractivity contribution in [3.63, 3.8) is 0 Å². The van der Waals surface area contributed by atoms with E-state index in [9.17, 15) is 14.4 Å². The number of epoxide rings is 1. The second-order valence-corrected chi connectivity index (χ2v) is 7.46. The largest absolute Gasteiger partial charge is 0.361 e. The van der Waals surface area contributed by atoms with Gasteiger partial charge in [-0.25, -0.2) is 0 Å². The van der Waals surface area contributed by atoms with Gasteiger partial charge in [-0.3, -0.25) is 14.4 Å². The smallest absolute Gasteiger partial charge is 0.243 e. The Labute approximate surface area is 138 Å². The second kappa shape index (κ2) is 7.90. The number of carbonyl (C=O) groups is 3. The van der Waals surface area contributed by atoms with Crippen LogP contribution >= 0.6 is 0 Å². The quantitative estimate of drug-likeness (QED) is 0.627. The number of carbonyl (C=O) groups excluding carboxylic acids is 3. The van der Waals surface area contributed by atoms with Gasteiger partial charge in [0.15, 0.2) is 5.78 Å². The zero-order valence-electron chi connectivity index (χ0n) is 15.1. The molecule has 0 aromatic heterocycles. The SMILES string of the molecule is CC(=O)N[C@@H](CC(C)C)C(=O)N[C@@H](CC(C)C)C(=O)[C@@]1(C)CO1. The first-order valence-corrected chi connectivity index (χ1v) is 8.31. The number of rotatable bonds is 9. The van der Waals surface area contributed by atoms with Crippen LogP contribution in [0, 0.1) is 11.8 Å². The zero-order chi connectivity index (χ0) is 17.8. The Kier molecular flexibility index (Phi) is 6.74. The van der Waals surface area contributed by atoms with E-state index in [1.54, 1.807) is 6.92 Å². The lowest BCUT2D eigenvalue weighted by Crippen LogP contribution is -2.53. The summed E-state index contributed by atoms with van der Waals surface area (Å²) in [4.78, 5) is 36.4. The number of ketones is 1. The Bertz CT molecular complexity index is 456. The summed E-state index contributed by atoms with van der Waals surface area (Å²) in [5, 5.41) is 5.49. The highest BCUT2D eigenvalue weighted by Gasteiger charge is 2.50. The summed E-state index contributed by atoms with van der Waals surface area (Å²) >= 11 is 0. The Hall–Kier alpha value is -1.43. The molecule has 1 heterocycles. The van der Waals surface area contributed by atoms with E-state index in [-0.39, 0.29) is 29.4 Å². The fourth-order valence-electron chi connectivity index (χ4n) is 2.54. The molecule has 132 valence electrons. The maximum atomic E-state index is 12.5. The van der Waals surface area contributed by atoms with E-state index in [1.165, 1.54) is 6.92 Å². The molecule has 0 unspecified atom stereocenters. The molecule has 1 fully saturated rings. The highest BCUT2D eigenvalue weighted by molar-refractivity contribution is 5.97. The van der Waals surface area contributed by atoms with Crippen molar-refractivity contribution in [1.82, 2.24) is 10.6 Å². The maximum Gasteiger partial charge on any atom is 0.243 e. The van der Waals surface area contributed by atoms with E-state index >= 15 is 0 Å². The lowest BCUT2D eigenvalue weighted by molar-refractivity contribution is -0.133. The van der Waals surface area contributed by atoms with Crippen LogP contribution in [-0.2, 0) is 19.1 Å². The lowest BCUT2D eigenvalue weighted by atomic mass is 9.93. The first-order chi connectivity index (χ1) is 10.5. The molecule has 0 saturated carbocycles. The van der Waals surface area contributed by atoms with Crippen LogP contribution in [0.2, 0.25) is 0 Å². The molecule has 2 amide bonds. The van der Waals surface area contributed by atoms with Crippen LogP contribution in [-0.4, -0.2) is 41.9 Å². The molecule has 0 aromatic rings. The van der Waals surface area contributed by atoms with Crippen molar-refractivity contribution in [3.05, 3.63) is 0 Å². The van der Waals surface area contributed by atoms with Gasteiger partial charge in [-0.05, 0) is 31.6 Å². The molecule has 23 heavy (non-hydrogen) atoms. The lowest BCUT2D eigenvalue weighted by Gasteiger charge is -2.25. The average Bonchev–Trinajstić information content (AvgIpc) is 3.14. The standard InChI is InChI=1S/C17H30N2O4/c1-10(2)7-13(15(21)17(6)9-23-17)19-16(22)14(8-11(3)4)18-12(5)20/h10-11,13-14H,7-9H2,1-6H3,(H,18,20)(H,19,22)/t13-,14-,17+/m0/s1. The van der Waals surface area contributed by atoms with Crippen molar-refractivity contribution in [3.8, 4) is 0 Å². The van der Waals surface area contributed by atoms with Gasteiger partial charge in [0, 0.05) is 6.92 Å². The first kappa shape index (κ1) is 19.6. The average molecular weight is 326 g/mol. The summed E-state index contributed by atoms with van der Waals surface area (Å²) in [7, 11) is 0. The zero-order valence-corrected chi connectivity index (χ0v) is 15.1. The molecule has 0 aromatic carbocycles. The van der Waals surface area contributed by atoms with Crippen molar-refractivity contribution >= 4 is 17.6 Å². The number of hydrogen-bond acceptors (Lipinski definition) is 4. The van der Waals surface area contributed by atoms with E-state index in [2.05, 4.69) is 10.6 Å². The third kappa shape index (κ3) is 6.29. The Morgan fingerprint density at radius 1 is 1.00 bits per heavy atom. The highest BCUT2D eigenvalue weighted by atomic mass is 16.6. The molecule has 0 bridgehead atoms. The summed E-state index contributed by atoms with van der Waals surface area (Å²) in [5.74, 6) is -0.144. The van der Waals surface area contributed by atoms with Crippen molar-refractivity contribution in [1.29, 1.82) is 0 Å². The molecule has 6 nitrogen and oxygen atoms in total. The molecule has 6 heteroatoms. The van der Waals surface area contributed by atoms with Gasteiger partial charge in [0.2, 0.25) is 11.8 Å². The van der Waals surface area contributed by atoms with E-state index in [0.29, 0.717) is 19.4 Å². The minimum Gasteiger partial charge on any atom is -0.361 e. The highest BCUT2D eigenvalue weighted by Crippen LogP contribution is 2.29. The minimum absolute atomic E-state index is 0.0920. The number of ether oxygens (including phenoxy) is 1. The van der Waals surface area contributed by atoms with Gasteiger partial charge in [-0.1, -0.05) is 27.7 Å². The molecule has 2 N–H and O–H groups in total. The number of amides is 2. The van der Waals surface area contributed by atoms with E-state index in [0.717, 1.165) is 0 Å². The molecule has 0 radical (unpaired) electrons. The summed E-state index contributed by atoms with van der Waals surface area (Å²) < 4.78 is 5.22. The number of hydrogen-bond donors (Lipinski definition) is 2. The van der Waals surface area contributed by atoms with Crippen LogP contribution in [0.25, 0.3) is 0 Å². The molecule has 1 rings (SSSR count). The summed E-state index contributed by atoms with van der Waals surface area (Å²) in [6.45, 7) is 11.5. The maximum absolute atomic E-state index is 12.5. The van der Waals surface area contributed by atoms with Crippen molar-refractivity contribution in [2.24, 2.45) is 11.8 Å². The third-order valence-corrected chi connectivity index (χ3v) is 3.84. The van der Waals surface area contributed by atoms with Gasteiger partial charge in [0.1, 0.15) is 11.6 Å². The molecule has 3 atom stereocenters. The van der Waals surface area contributed by atoms with Gasteiger partial charge in [0.05, 0.1) is 12.6 Å². The fraction of sp³-hybridized carbons (Fsp3) is 0.824. The number of nitrogens with one attached hydrogen (secondary N) is 2. The van der Waals surface area contributed by atoms with Crippen LogP contribution < -0.4 is 10.6 Å². The predicted octanol–water partition coefficient (Wildman–Crippen LogP) is 1.43. The summed E-state index contributed by atoms with van der Waals surface area (Å²) in [6, 6.07) is -1.21. The van der Waals surface area contributed by atoms with Crippen LogP contribution in [0.3, 0.4) is 0 Å². The van der Waals surface area contributed by atoms with Crippen LogP contribution in [0.1, 0.15) is 54.4 Å². The van der Waals surface area contributed by atoms with Crippen molar-refractivity contribution < 1.29 is 19.1 Å². The van der Waals surface area contributed by atoms with E-state index < -0.39 is 17.7 Å². The second-order valence-electron chi connectivity index (χ2n) is 7.46. The molecule has 0 spiro atoms. The van der Waals surface area contributed by atoms with Crippen LogP contribution in [0.15, 0.2) is 0 Å².